The van der Waals surface area contributed by atoms with Crippen LogP contribution in [0.1, 0.15) is 24.9 Å². The standard InChI is InChI=1S/C20H19Cl2F3N4/c1-10(12-6-11(21)2-3-13(12)22)29-19-8-16(25)15(24)7-18(19)27-20(29)28-5-4-14(23)17(26)9-28/h2-3,6-8,10,14,17H,4-5,9,26H2,1H3/t10?,14-,17-/m1/s1. The van der Waals surface area contributed by atoms with Crippen molar-refractivity contribution < 1.29 is 13.2 Å². The Morgan fingerprint density at radius 1 is 1.17 bits per heavy atom. The molecule has 1 aliphatic heterocycles. The number of hydrogen-bond donors (Lipinski definition) is 1. The number of halogens is 5. The fraction of sp³-hybridized carbons (Fsp3) is 0.350. The lowest BCUT2D eigenvalue weighted by molar-refractivity contribution is 0.243. The van der Waals surface area contributed by atoms with Gasteiger partial charge >= 0.3 is 0 Å². The summed E-state index contributed by atoms with van der Waals surface area (Å²) in [7, 11) is 0. The van der Waals surface area contributed by atoms with E-state index in [-0.39, 0.29) is 13.0 Å². The minimum absolute atomic E-state index is 0.242. The van der Waals surface area contributed by atoms with Crippen molar-refractivity contribution in [3.63, 3.8) is 0 Å². The van der Waals surface area contributed by atoms with Crippen LogP contribution in [0.3, 0.4) is 0 Å². The van der Waals surface area contributed by atoms with Crippen LogP contribution in [0.4, 0.5) is 19.1 Å². The predicted octanol–water partition coefficient (Wildman–Crippen LogP) is 5.11. The zero-order valence-corrected chi connectivity index (χ0v) is 17.1. The number of rotatable bonds is 3. The van der Waals surface area contributed by atoms with E-state index in [4.69, 9.17) is 28.9 Å². The van der Waals surface area contributed by atoms with Crippen molar-refractivity contribution in [3.05, 3.63) is 57.6 Å². The molecule has 2 aromatic carbocycles. The Morgan fingerprint density at radius 3 is 2.62 bits per heavy atom. The molecule has 29 heavy (non-hydrogen) atoms. The summed E-state index contributed by atoms with van der Waals surface area (Å²) < 4.78 is 43.5. The monoisotopic (exact) mass is 442 g/mol. The molecule has 1 fully saturated rings. The number of anilines is 1. The lowest BCUT2D eigenvalue weighted by atomic mass is 10.0. The summed E-state index contributed by atoms with van der Waals surface area (Å²) in [5.74, 6) is -1.51. The summed E-state index contributed by atoms with van der Waals surface area (Å²) in [6.45, 7) is 2.50. The molecule has 3 aromatic rings. The molecule has 3 atom stereocenters. The number of fused-ring (bicyclic) bond motifs is 1. The third-order valence-corrected chi connectivity index (χ3v) is 5.94. The summed E-state index contributed by atoms with van der Waals surface area (Å²) >= 11 is 12.5. The Hall–Kier alpha value is -1.96. The van der Waals surface area contributed by atoms with E-state index in [1.807, 2.05) is 11.8 Å². The van der Waals surface area contributed by atoms with Gasteiger partial charge in [-0.3, -0.25) is 0 Å². The molecular formula is C20H19Cl2F3N4. The highest BCUT2D eigenvalue weighted by Crippen LogP contribution is 2.36. The number of hydrogen-bond acceptors (Lipinski definition) is 3. The topological polar surface area (TPSA) is 47.1 Å². The molecule has 1 unspecified atom stereocenters. The van der Waals surface area contributed by atoms with E-state index in [0.29, 0.717) is 39.1 Å². The molecular weight excluding hydrogens is 424 g/mol. The van der Waals surface area contributed by atoms with Gasteiger partial charge in [0.2, 0.25) is 5.95 Å². The van der Waals surface area contributed by atoms with E-state index in [1.54, 1.807) is 22.8 Å². The van der Waals surface area contributed by atoms with Crippen LogP contribution in [-0.2, 0) is 0 Å². The van der Waals surface area contributed by atoms with Gasteiger partial charge in [0.15, 0.2) is 11.6 Å². The fourth-order valence-electron chi connectivity index (χ4n) is 3.79. The number of aromatic nitrogens is 2. The van der Waals surface area contributed by atoms with Crippen LogP contribution >= 0.6 is 23.2 Å². The first kappa shape index (κ1) is 20.3. The van der Waals surface area contributed by atoms with Crippen LogP contribution in [0, 0.1) is 11.6 Å². The average molecular weight is 443 g/mol. The molecule has 0 saturated carbocycles. The first-order valence-electron chi connectivity index (χ1n) is 9.22. The van der Waals surface area contributed by atoms with Gasteiger partial charge in [0.05, 0.1) is 23.1 Å². The summed E-state index contributed by atoms with van der Waals surface area (Å²) in [5.41, 5.74) is 7.31. The fourth-order valence-corrected chi connectivity index (χ4v) is 4.25. The van der Waals surface area contributed by atoms with Crippen LogP contribution in [0.5, 0.6) is 0 Å². The van der Waals surface area contributed by atoms with Crippen molar-refractivity contribution in [2.45, 2.75) is 31.6 Å². The lowest BCUT2D eigenvalue weighted by Gasteiger charge is -2.35. The first-order chi connectivity index (χ1) is 13.8. The third-order valence-electron chi connectivity index (χ3n) is 5.36. The van der Waals surface area contributed by atoms with E-state index in [9.17, 15) is 13.2 Å². The highest BCUT2D eigenvalue weighted by molar-refractivity contribution is 6.33. The molecule has 4 nitrogen and oxygen atoms in total. The second-order valence-electron chi connectivity index (χ2n) is 7.29. The van der Waals surface area contributed by atoms with Gasteiger partial charge in [0, 0.05) is 35.3 Å². The summed E-state index contributed by atoms with van der Waals surface area (Å²) in [6, 6.07) is 6.17. The van der Waals surface area contributed by atoms with Gasteiger partial charge in [0.25, 0.3) is 0 Å². The van der Waals surface area contributed by atoms with Crippen LogP contribution in [0.25, 0.3) is 11.0 Å². The predicted molar refractivity (Wildman–Crippen MR) is 110 cm³/mol. The molecule has 1 aliphatic rings. The van der Waals surface area contributed by atoms with Crippen LogP contribution in [-0.4, -0.2) is 34.9 Å². The number of benzene rings is 2. The zero-order valence-electron chi connectivity index (χ0n) is 15.5. The minimum Gasteiger partial charge on any atom is -0.340 e. The number of imidazole rings is 1. The Kier molecular flexibility index (Phi) is 5.40. The molecule has 0 bridgehead atoms. The second kappa shape index (κ2) is 7.70. The molecule has 1 aromatic heterocycles. The van der Waals surface area contributed by atoms with Gasteiger partial charge in [-0.2, -0.15) is 0 Å². The highest BCUT2D eigenvalue weighted by atomic mass is 35.5. The van der Waals surface area contributed by atoms with E-state index in [2.05, 4.69) is 4.98 Å². The molecule has 9 heteroatoms. The molecule has 0 spiro atoms. The van der Waals surface area contributed by atoms with E-state index in [0.717, 1.165) is 12.1 Å². The van der Waals surface area contributed by atoms with Gasteiger partial charge in [-0.25, -0.2) is 18.2 Å². The molecule has 0 radical (unpaired) electrons. The highest BCUT2D eigenvalue weighted by Gasteiger charge is 2.31. The Balaban J connectivity index is 1.90. The SMILES string of the molecule is CC(c1cc(Cl)ccc1Cl)n1c(N2CC[C@@H](F)[C@H](N)C2)nc2cc(F)c(F)cc21. The zero-order chi connectivity index (χ0) is 20.9. The Labute approximate surface area is 176 Å². The molecule has 2 N–H and O–H groups in total. The molecule has 0 aliphatic carbocycles. The van der Waals surface area contributed by atoms with Gasteiger partial charge in [-0.1, -0.05) is 23.2 Å². The normalized spacial score (nSPS) is 21.0. The summed E-state index contributed by atoms with van der Waals surface area (Å²) in [5, 5.41) is 0.983. The minimum atomic E-state index is -1.10. The van der Waals surface area contributed by atoms with Crippen LogP contribution in [0.2, 0.25) is 10.0 Å². The van der Waals surface area contributed by atoms with Crippen molar-refractivity contribution in [2.75, 3.05) is 18.0 Å². The quantitative estimate of drug-likeness (QED) is 0.613. The van der Waals surface area contributed by atoms with Gasteiger partial charge < -0.3 is 15.2 Å². The smallest absolute Gasteiger partial charge is 0.207 e. The van der Waals surface area contributed by atoms with E-state index < -0.39 is 29.9 Å². The maximum Gasteiger partial charge on any atom is 0.207 e. The molecule has 2 heterocycles. The Morgan fingerprint density at radius 2 is 1.90 bits per heavy atom. The van der Waals surface area contributed by atoms with Gasteiger partial charge in [-0.15, -0.1) is 0 Å². The second-order valence-corrected chi connectivity index (χ2v) is 8.14. The summed E-state index contributed by atoms with van der Waals surface area (Å²) in [4.78, 5) is 6.36. The average Bonchev–Trinajstić information content (AvgIpc) is 3.04. The number of alkyl halides is 1. The first-order valence-corrected chi connectivity index (χ1v) is 9.98. The van der Waals surface area contributed by atoms with Crippen molar-refractivity contribution >= 4 is 40.2 Å². The number of nitrogens with two attached hydrogens (primary N) is 1. The van der Waals surface area contributed by atoms with E-state index >= 15 is 0 Å². The summed E-state index contributed by atoms with van der Waals surface area (Å²) in [6.07, 6.45) is -0.849. The molecule has 4 rings (SSSR count). The van der Waals surface area contributed by atoms with Gasteiger partial charge in [-0.05, 0) is 37.1 Å². The molecule has 154 valence electrons. The number of nitrogens with zero attached hydrogens (tertiary/aromatic N) is 3. The van der Waals surface area contributed by atoms with Crippen LogP contribution < -0.4 is 10.6 Å². The Bertz CT molecular complexity index is 1070. The van der Waals surface area contributed by atoms with Crippen molar-refractivity contribution in [2.24, 2.45) is 5.73 Å². The largest absolute Gasteiger partial charge is 0.340 e. The third kappa shape index (κ3) is 3.67. The van der Waals surface area contributed by atoms with E-state index in [1.165, 1.54) is 0 Å². The van der Waals surface area contributed by atoms with Crippen LogP contribution in [0.15, 0.2) is 30.3 Å². The lowest BCUT2D eigenvalue weighted by Crippen LogP contribution is -2.50. The maximum atomic E-state index is 14.1. The molecule has 0 amide bonds. The van der Waals surface area contributed by atoms with Crippen molar-refractivity contribution in [3.8, 4) is 0 Å². The van der Waals surface area contributed by atoms with Crippen molar-refractivity contribution in [1.82, 2.24) is 9.55 Å². The number of piperidine rings is 1. The molecule has 1 saturated heterocycles. The van der Waals surface area contributed by atoms with Gasteiger partial charge in [0.1, 0.15) is 6.17 Å². The maximum absolute atomic E-state index is 14.1. The van der Waals surface area contributed by atoms with Crippen molar-refractivity contribution in [1.29, 1.82) is 0 Å².